The second kappa shape index (κ2) is 7.46. The number of oxime groups is 1. The maximum atomic E-state index is 14.4. The molecule has 0 aliphatic carbocycles. The van der Waals surface area contributed by atoms with Crippen LogP contribution in [0.1, 0.15) is 43.6 Å². The van der Waals surface area contributed by atoms with Crippen LogP contribution in [0.4, 0.5) is 4.39 Å². The Morgan fingerprint density at radius 2 is 2.10 bits per heavy atom. The van der Waals surface area contributed by atoms with E-state index in [9.17, 15) is 14.0 Å². The highest BCUT2D eigenvalue weighted by Crippen LogP contribution is 2.28. The smallest absolute Gasteiger partial charge is 0.274 e. The number of hydrogen-bond donors (Lipinski definition) is 1. The normalized spacial score (nSPS) is 22.4. The molecule has 1 N–H and O–H groups in total. The van der Waals surface area contributed by atoms with E-state index in [0.29, 0.717) is 31.7 Å². The number of rotatable bonds is 4. The zero-order valence-corrected chi connectivity index (χ0v) is 16.5. The third-order valence-corrected chi connectivity index (χ3v) is 5.59. The van der Waals surface area contributed by atoms with Crippen LogP contribution in [0.2, 0.25) is 0 Å². The molecule has 1 unspecified atom stereocenters. The molecule has 1 atom stereocenters. The summed E-state index contributed by atoms with van der Waals surface area (Å²) in [5.41, 5.74) is 0.0955. The molecule has 2 aromatic rings. The van der Waals surface area contributed by atoms with Crippen LogP contribution in [0.3, 0.4) is 0 Å². The van der Waals surface area contributed by atoms with Crippen molar-refractivity contribution in [1.29, 1.82) is 0 Å². The van der Waals surface area contributed by atoms with Gasteiger partial charge in [-0.3, -0.25) is 14.0 Å². The van der Waals surface area contributed by atoms with E-state index in [-0.39, 0.29) is 17.5 Å². The van der Waals surface area contributed by atoms with Crippen LogP contribution < -0.4 is 5.32 Å². The fourth-order valence-corrected chi connectivity index (χ4v) is 3.95. The number of likely N-dealkylation sites (tertiary alicyclic amines) is 1. The van der Waals surface area contributed by atoms with Gasteiger partial charge in [0, 0.05) is 32.3 Å². The van der Waals surface area contributed by atoms with E-state index in [1.807, 2.05) is 6.92 Å². The van der Waals surface area contributed by atoms with E-state index < -0.39 is 17.5 Å². The average Bonchev–Trinajstić information content (AvgIpc) is 3.26. The minimum absolute atomic E-state index is 0.0487. The summed E-state index contributed by atoms with van der Waals surface area (Å²) in [6.45, 7) is 5.23. The number of amides is 2. The monoisotopic (exact) mass is 401 g/mol. The molecular formula is C20H24FN5O3. The van der Waals surface area contributed by atoms with E-state index in [0.717, 1.165) is 18.6 Å². The highest BCUT2D eigenvalue weighted by atomic mass is 19.1. The van der Waals surface area contributed by atoms with Gasteiger partial charge in [0.15, 0.2) is 5.69 Å². The van der Waals surface area contributed by atoms with Crippen LogP contribution in [-0.4, -0.2) is 57.0 Å². The van der Waals surface area contributed by atoms with Crippen molar-refractivity contribution in [3.8, 4) is 0 Å². The van der Waals surface area contributed by atoms with Crippen molar-refractivity contribution in [2.24, 2.45) is 11.1 Å². The van der Waals surface area contributed by atoms with Crippen LogP contribution >= 0.6 is 0 Å². The summed E-state index contributed by atoms with van der Waals surface area (Å²) in [5.74, 6) is -1.02. The number of aromatic nitrogens is 2. The zero-order chi connectivity index (χ0) is 20.6. The molecule has 8 nitrogen and oxygen atoms in total. The number of hydrogen-bond acceptors (Lipinski definition) is 5. The van der Waals surface area contributed by atoms with Crippen LogP contribution in [0.15, 0.2) is 29.6 Å². The van der Waals surface area contributed by atoms with Gasteiger partial charge in [-0.15, -0.1) is 0 Å². The standard InChI is InChI=1S/C20H24FN5O3/c1-13-11-20(2,29-24-13)19(28)25-9-6-14(7-10-25)12-22-18(27)16-17(21)26-8-4-3-5-15(26)23-16/h3-5,8,14H,6-7,9-12H2,1-2H3,(H,22,27). The molecule has 2 aliphatic rings. The van der Waals surface area contributed by atoms with Gasteiger partial charge in [0.05, 0.1) is 5.71 Å². The van der Waals surface area contributed by atoms with Gasteiger partial charge in [0.2, 0.25) is 11.5 Å². The van der Waals surface area contributed by atoms with Gasteiger partial charge in [0.1, 0.15) is 5.65 Å². The molecule has 0 saturated carbocycles. The lowest BCUT2D eigenvalue weighted by Crippen LogP contribution is -2.50. The van der Waals surface area contributed by atoms with Crippen molar-refractivity contribution >= 4 is 23.2 Å². The number of nitrogens with one attached hydrogen (secondary N) is 1. The Labute approximate surface area is 167 Å². The molecule has 29 heavy (non-hydrogen) atoms. The topological polar surface area (TPSA) is 88.3 Å². The van der Waals surface area contributed by atoms with Crippen LogP contribution in [0, 0.1) is 11.9 Å². The van der Waals surface area contributed by atoms with E-state index in [4.69, 9.17) is 4.84 Å². The maximum Gasteiger partial charge on any atom is 0.274 e. The first kappa shape index (κ1) is 19.4. The van der Waals surface area contributed by atoms with Crippen molar-refractivity contribution in [3.63, 3.8) is 0 Å². The minimum Gasteiger partial charge on any atom is -0.379 e. The summed E-state index contributed by atoms with van der Waals surface area (Å²) in [7, 11) is 0. The Morgan fingerprint density at radius 1 is 1.34 bits per heavy atom. The molecular weight excluding hydrogens is 377 g/mol. The number of carbonyl (C=O) groups is 2. The number of halogens is 1. The predicted octanol–water partition coefficient (Wildman–Crippen LogP) is 2.00. The number of pyridine rings is 1. The number of carbonyl (C=O) groups excluding carboxylic acids is 2. The molecule has 4 rings (SSSR count). The summed E-state index contributed by atoms with van der Waals surface area (Å²) < 4.78 is 15.6. The summed E-state index contributed by atoms with van der Waals surface area (Å²) in [5, 5.41) is 6.69. The number of nitrogens with zero attached hydrogens (tertiary/aromatic N) is 4. The molecule has 0 spiro atoms. The molecule has 0 radical (unpaired) electrons. The Bertz CT molecular complexity index is 980. The molecule has 1 fully saturated rings. The van der Waals surface area contributed by atoms with Gasteiger partial charge < -0.3 is 15.1 Å². The Hall–Kier alpha value is -2.97. The maximum absolute atomic E-state index is 14.4. The van der Waals surface area contributed by atoms with E-state index in [1.165, 1.54) is 10.6 Å². The fraction of sp³-hybridized carbons (Fsp3) is 0.500. The van der Waals surface area contributed by atoms with Crippen LogP contribution in [-0.2, 0) is 9.63 Å². The molecule has 154 valence electrons. The van der Waals surface area contributed by atoms with Crippen molar-refractivity contribution in [1.82, 2.24) is 19.6 Å². The summed E-state index contributed by atoms with van der Waals surface area (Å²) >= 11 is 0. The van der Waals surface area contributed by atoms with Crippen molar-refractivity contribution in [2.45, 2.75) is 38.7 Å². The third-order valence-electron chi connectivity index (χ3n) is 5.59. The first-order chi connectivity index (χ1) is 13.9. The van der Waals surface area contributed by atoms with Gasteiger partial charge in [-0.1, -0.05) is 11.2 Å². The quantitative estimate of drug-likeness (QED) is 0.849. The molecule has 4 heterocycles. The van der Waals surface area contributed by atoms with Gasteiger partial charge in [-0.25, -0.2) is 4.98 Å². The van der Waals surface area contributed by atoms with E-state index >= 15 is 0 Å². The van der Waals surface area contributed by atoms with Crippen LogP contribution in [0.5, 0.6) is 0 Å². The van der Waals surface area contributed by atoms with Crippen LogP contribution in [0.25, 0.3) is 5.65 Å². The lowest BCUT2D eigenvalue weighted by atomic mass is 9.93. The van der Waals surface area contributed by atoms with Crippen molar-refractivity contribution < 1.29 is 18.8 Å². The summed E-state index contributed by atoms with van der Waals surface area (Å²) in [6.07, 6.45) is 3.56. The lowest BCUT2D eigenvalue weighted by Gasteiger charge is -2.35. The second-order valence-electron chi connectivity index (χ2n) is 7.95. The number of imidazole rings is 1. The second-order valence-corrected chi connectivity index (χ2v) is 7.95. The van der Waals surface area contributed by atoms with Gasteiger partial charge in [-0.05, 0) is 44.7 Å². The largest absolute Gasteiger partial charge is 0.379 e. The van der Waals surface area contributed by atoms with E-state index in [1.54, 1.807) is 30.0 Å². The SMILES string of the molecule is CC1=NOC(C)(C(=O)N2CCC(CNC(=O)c3nc4ccccn4c3F)CC2)C1. The van der Waals surface area contributed by atoms with Crippen molar-refractivity contribution in [3.05, 3.63) is 36.0 Å². The molecule has 9 heteroatoms. The number of fused-ring (bicyclic) bond motifs is 1. The molecule has 0 aromatic carbocycles. The average molecular weight is 401 g/mol. The molecule has 1 saturated heterocycles. The predicted molar refractivity (Wildman–Crippen MR) is 104 cm³/mol. The molecule has 0 bridgehead atoms. The summed E-state index contributed by atoms with van der Waals surface area (Å²) in [6, 6.07) is 5.07. The highest BCUT2D eigenvalue weighted by molar-refractivity contribution is 5.94. The Kier molecular flexibility index (Phi) is 4.97. The molecule has 2 aromatic heterocycles. The molecule has 2 amide bonds. The zero-order valence-electron chi connectivity index (χ0n) is 16.5. The third kappa shape index (κ3) is 3.68. The van der Waals surface area contributed by atoms with Gasteiger partial charge in [-0.2, -0.15) is 4.39 Å². The molecule has 2 aliphatic heterocycles. The van der Waals surface area contributed by atoms with Gasteiger partial charge >= 0.3 is 0 Å². The van der Waals surface area contributed by atoms with Gasteiger partial charge in [0.25, 0.3) is 11.8 Å². The lowest BCUT2D eigenvalue weighted by molar-refractivity contribution is -0.154. The highest BCUT2D eigenvalue weighted by Gasteiger charge is 2.44. The summed E-state index contributed by atoms with van der Waals surface area (Å²) in [4.78, 5) is 36.4. The first-order valence-electron chi connectivity index (χ1n) is 9.79. The van der Waals surface area contributed by atoms with E-state index in [2.05, 4.69) is 15.5 Å². The minimum atomic E-state index is -0.911. The fourth-order valence-electron chi connectivity index (χ4n) is 3.95. The number of piperidine rings is 1. The Balaban J connectivity index is 1.29. The Morgan fingerprint density at radius 3 is 2.76 bits per heavy atom. The first-order valence-corrected chi connectivity index (χ1v) is 9.79. The van der Waals surface area contributed by atoms with Crippen molar-refractivity contribution in [2.75, 3.05) is 19.6 Å².